The minimum Gasteiger partial charge on any atom is -0.504 e. The van der Waals surface area contributed by atoms with Crippen LogP contribution in [-0.4, -0.2) is 87.8 Å². The van der Waals surface area contributed by atoms with E-state index in [1.807, 2.05) is 46.7 Å². The molecule has 14 heteroatoms. The van der Waals surface area contributed by atoms with Crippen LogP contribution in [0.5, 0.6) is 11.5 Å². The summed E-state index contributed by atoms with van der Waals surface area (Å²) < 4.78 is 12.7. The predicted octanol–water partition coefficient (Wildman–Crippen LogP) is 8.41. The normalized spacial score (nSPS) is 35.4. The highest BCUT2D eigenvalue weighted by molar-refractivity contribution is 8.76. The molecule has 2 aromatic heterocycles. The summed E-state index contributed by atoms with van der Waals surface area (Å²) in [6.07, 6.45) is 22.5. The Kier molecular flexibility index (Phi) is 15.2. The van der Waals surface area contributed by atoms with E-state index in [0.29, 0.717) is 78.4 Å². The minimum absolute atomic E-state index is 0.00820. The van der Waals surface area contributed by atoms with Crippen molar-refractivity contribution in [3.8, 4) is 11.5 Å². The topological polar surface area (TPSA) is 208 Å². The van der Waals surface area contributed by atoms with E-state index in [0.717, 1.165) is 78.5 Å². The fourth-order valence-electron chi connectivity index (χ4n) is 15.0. The van der Waals surface area contributed by atoms with Crippen molar-refractivity contribution in [3.63, 3.8) is 0 Å². The van der Waals surface area contributed by atoms with Crippen molar-refractivity contribution in [3.05, 3.63) is 94.2 Å². The van der Waals surface area contributed by atoms with E-state index in [4.69, 9.17) is 20.6 Å². The number of aliphatic hydroxyl groups is 3. The smallest absolute Gasteiger partial charge is 0.188 e. The summed E-state index contributed by atoms with van der Waals surface area (Å²) in [7, 11) is 5.71. The number of hydrogen-bond donors (Lipinski definition) is 9. The number of nitrogens with two attached hydrogens (primary N) is 2. The van der Waals surface area contributed by atoms with Crippen molar-refractivity contribution in [2.45, 2.75) is 140 Å². The number of nitrogens with zero attached hydrogens (tertiary/aromatic N) is 1. The summed E-state index contributed by atoms with van der Waals surface area (Å²) in [5.74, 6) is 9.07. The van der Waals surface area contributed by atoms with Crippen LogP contribution in [-0.2, 0) is 25.9 Å². The van der Waals surface area contributed by atoms with Gasteiger partial charge in [0, 0.05) is 85.4 Å². The molecule has 3 saturated carbocycles. The molecule has 9 aliphatic rings. The van der Waals surface area contributed by atoms with Crippen molar-refractivity contribution in [2.24, 2.45) is 68.7 Å². The Bertz CT molecular complexity index is 2380. The Morgan fingerprint density at radius 2 is 1.84 bits per heavy atom. The molecule has 382 valence electrons. The average Bonchev–Trinajstić information content (AvgIpc) is 4.06. The third-order valence-corrected chi connectivity index (χ3v) is 21.3. The van der Waals surface area contributed by atoms with Gasteiger partial charge in [-0.2, -0.15) is 0 Å². The third-order valence-electron chi connectivity index (χ3n) is 18.8. The molecule has 12 nitrogen and oxygen atoms in total. The number of aromatic hydroxyl groups is 1. The molecule has 1 saturated heterocycles. The number of hydrogen-bond acceptors (Lipinski definition) is 11. The predicted molar refractivity (Wildman–Crippen MR) is 282 cm³/mol. The summed E-state index contributed by atoms with van der Waals surface area (Å²) in [6, 6.07) is 10.1. The van der Waals surface area contributed by atoms with E-state index in [9.17, 15) is 20.4 Å². The molecular formula is C56H80N6O6S2. The molecular weight excluding hydrogens is 917 g/mol. The van der Waals surface area contributed by atoms with E-state index in [2.05, 4.69) is 57.9 Å². The van der Waals surface area contributed by atoms with Crippen LogP contribution in [0.4, 0.5) is 0 Å². The van der Waals surface area contributed by atoms with Gasteiger partial charge in [0.25, 0.3) is 0 Å². The third kappa shape index (κ3) is 9.89. The van der Waals surface area contributed by atoms with Crippen molar-refractivity contribution >= 4 is 27.5 Å². The zero-order valence-corrected chi connectivity index (χ0v) is 43.3. The fourth-order valence-corrected chi connectivity index (χ4v) is 17.9. The molecule has 15 unspecified atom stereocenters. The molecule has 70 heavy (non-hydrogen) atoms. The Morgan fingerprint density at radius 3 is 2.67 bits per heavy atom. The number of benzene rings is 1. The molecule has 7 aliphatic carbocycles. The van der Waals surface area contributed by atoms with Gasteiger partial charge in [-0.15, -0.1) is 0 Å². The van der Waals surface area contributed by atoms with Gasteiger partial charge in [0.1, 0.15) is 24.2 Å². The first-order chi connectivity index (χ1) is 33.9. The lowest BCUT2D eigenvalue weighted by Crippen LogP contribution is -2.56. The summed E-state index contributed by atoms with van der Waals surface area (Å²) in [4.78, 5) is 7.87. The largest absolute Gasteiger partial charge is 0.504 e. The zero-order chi connectivity index (χ0) is 48.7. The number of rotatable bonds is 16. The highest BCUT2D eigenvalue weighted by atomic mass is 33.1. The van der Waals surface area contributed by atoms with Crippen LogP contribution < -0.4 is 26.8 Å². The maximum absolute atomic E-state index is 11.5. The lowest BCUT2D eigenvalue weighted by molar-refractivity contribution is -0.00529. The molecule has 1 aromatic carbocycles. The first-order valence-corrected chi connectivity index (χ1v) is 29.2. The number of aryl methyl sites for hydroxylation is 3. The van der Waals surface area contributed by atoms with Crippen LogP contribution in [0.15, 0.2) is 64.0 Å². The molecule has 11 N–H and O–H groups in total. The zero-order valence-electron chi connectivity index (χ0n) is 41.7. The van der Waals surface area contributed by atoms with Gasteiger partial charge < -0.3 is 56.7 Å². The summed E-state index contributed by atoms with van der Waals surface area (Å²) >= 11 is 0. The van der Waals surface area contributed by atoms with Crippen LogP contribution in [0.3, 0.4) is 0 Å². The lowest BCUT2D eigenvalue weighted by Gasteiger charge is -2.56. The number of aromatic amines is 1. The second-order valence-electron chi connectivity index (χ2n) is 22.7. The molecule has 0 radical (unpaired) electrons. The van der Waals surface area contributed by atoms with Gasteiger partial charge in [0.15, 0.2) is 17.5 Å². The molecule has 3 aromatic rings. The maximum atomic E-state index is 11.5. The van der Waals surface area contributed by atoms with E-state index in [1.165, 1.54) is 49.8 Å². The number of fused-ring (bicyclic) bond motifs is 5. The molecule has 7 bridgehead atoms. The lowest BCUT2D eigenvalue weighted by atomic mass is 9.50. The van der Waals surface area contributed by atoms with E-state index in [-0.39, 0.29) is 47.8 Å². The number of furan rings is 1. The molecule has 4 heterocycles. The number of phenolic OH excluding ortho intramolecular Hbond substituents is 1. The highest BCUT2D eigenvalue weighted by Crippen LogP contribution is 2.64. The Balaban J connectivity index is 0.762. The molecule has 4 fully saturated rings. The molecule has 2 aliphatic heterocycles. The second kappa shape index (κ2) is 21.2. The van der Waals surface area contributed by atoms with Gasteiger partial charge in [0.05, 0.1) is 12.7 Å². The number of allylic oxidation sites excluding steroid dienone is 4. The Labute approximate surface area is 423 Å². The molecule has 2 spiro atoms. The van der Waals surface area contributed by atoms with Gasteiger partial charge in [-0.1, -0.05) is 65.3 Å². The van der Waals surface area contributed by atoms with E-state index >= 15 is 0 Å². The summed E-state index contributed by atoms with van der Waals surface area (Å²) in [5.41, 5.74) is 18.7. The number of aliphatic hydroxyl groups excluding tert-OH is 3. The maximum Gasteiger partial charge on any atom is 0.188 e. The SMILES string of the molecule is CN=C(N)NC1CSSCC2C(N)CC3CC(CCc4oc(CCc5ccc(O)c(OCC(O)c6cc7c([nH]6)C6C=CC8(CCCC8C6)C7CNCC(C)O)c5)cc4CO)CCC24C=CC(CC34)C1C. The summed E-state index contributed by atoms with van der Waals surface area (Å²) in [6.45, 7) is 5.47. The minimum atomic E-state index is -0.909. The summed E-state index contributed by atoms with van der Waals surface area (Å²) in [5, 5.41) is 50.0. The number of ether oxygens (including phenoxy) is 1. The van der Waals surface area contributed by atoms with Crippen molar-refractivity contribution in [1.82, 2.24) is 15.6 Å². The van der Waals surface area contributed by atoms with Crippen LogP contribution in [0.25, 0.3) is 0 Å². The van der Waals surface area contributed by atoms with Crippen molar-refractivity contribution < 1.29 is 29.6 Å². The van der Waals surface area contributed by atoms with E-state index in [1.54, 1.807) is 13.1 Å². The average molecular weight is 997 g/mol. The van der Waals surface area contributed by atoms with Crippen LogP contribution >= 0.6 is 21.6 Å². The highest BCUT2D eigenvalue weighted by Gasteiger charge is 2.57. The second-order valence-corrected chi connectivity index (χ2v) is 25.3. The number of aromatic nitrogens is 1. The number of nitrogens with one attached hydrogen (secondary N) is 3. The Morgan fingerprint density at radius 1 is 1.00 bits per heavy atom. The van der Waals surface area contributed by atoms with Gasteiger partial charge in [-0.05, 0) is 159 Å². The molecule has 15 atom stereocenters. The van der Waals surface area contributed by atoms with E-state index < -0.39 is 12.2 Å². The standard InChI is InChI=1S/C56H80N6O6S2/c1-32(64)26-60-27-44-42-25-47(61-53(42)37-14-17-55(44)15-4-5-40(55)21-37)50(66)29-67-52-20-34(7-10-49(52)65)6-9-41-22-39(28-63)51(68-41)11-8-35-12-16-56-18-13-36-23-43(56)38(19-35)24-46(57)45(56)30-69-70-31-48(33(36)2)62-54(58)59-3/h7,10,13-14,17-18,20,22,25,32-33,35-38,40,43-46,48,50,60-61,63-66H,4-6,8-9,11-12,15-16,19,21,23-24,26-31,57H2,1-3H3,(H3,58,59,62). The number of phenols is 1. The van der Waals surface area contributed by atoms with Crippen LogP contribution in [0.1, 0.15) is 136 Å². The fraction of sp³-hybridized carbons (Fsp3) is 0.661. The molecule has 0 amide bonds. The number of aliphatic imine (C=N–C) groups is 1. The first-order valence-electron chi connectivity index (χ1n) is 26.7. The van der Waals surface area contributed by atoms with Gasteiger partial charge in [0.2, 0.25) is 0 Å². The van der Waals surface area contributed by atoms with Crippen LogP contribution in [0.2, 0.25) is 0 Å². The first kappa shape index (κ1) is 50.2. The van der Waals surface area contributed by atoms with Gasteiger partial charge >= 0.3 is 0 Å². The van der Waals surface area contributed by atoms with Crippen LogP contribution in [0, 0.1) is 52.3 Å². The number of guanidine groups is 1. The number of H-pyrrole nitrogens is 1. The Hall–Kier alpha value is -3.37. The quantitative estimate of drug-likeness (QED) is 0.0287. The molecule has 12 rings (SSSR count). The monoisotopic (exact) mass is 997 g/mol. The van der Waals surface area contributed by atoms with Crippen molar-refractivity contribution in [2.75, 3.05) is 38.2 Å². The van der Waals surface area contributed by atoms with Gasteiger partial charge in [-0.3, -0.25) is 4.99 Å². The van der Waals surface area contributed by atoms with Gasteiger partial charge in [-0.25, -0.2) is 0 Å². The van der Waals surface area contributed by atoms with Crippen molar-refractivity contribution in [1.29, 1.82) is 0 Å².